The minimum atomic E-state index is -1.28. The molecule has 1 fully saturated rings. The number of para-hydroxylation sites is 1. The number of rotatable bonds is 12. The number of halogens is 1. The Hall–Kier alpha value is -3.76. The maximum atomic E-state index is 13.5. The van der Waals surface area contributed by atoms with Crippen molar-refractivity contribution in [3.05, 3.63) is 76.3 Å². The molecule has 2 aromatic rings. The zero-order chi connectivity index (χ0) is 30.9. The number of ether oxygens (including phenoxy) is 4. The van der Waals surface area contributed by atoms with Crippen LogP contribution in [-0.4, -0.2) is 37.2 Å². The molecule has 0 radical (unpaired) electrons. The maximum Gasteiger partial charge on any atom is 0.352 e. The number of fused-ring (bicyclic) bond motifs is 3. The summed E-state index contributed by atoms with van der Waals surface area (Å²) in [5.74, 6) is 5.68. The largest absolute Gasteiger partial charge is 0.489 e. The van der Waals surface area contributed by atoms with E-state index in [1.54, 1.807) is 31.2 Å². The smallest absolute Gasteiger partial charge is 0.352 e. The lowest BCUT2D eigenvalue weighted by Crippen LogP contribution is -2.29. The molecule has 0 N–H and O–H groups in total. The van der Waals surface area contributed by atoms with Crippen LogP contribution in [0.15, 0.2) is 54.6 Å². The van der Waals surface area contributed by atoms with Gasteiger partial charge in [-0.15, -0.1) is 11.8 Å². The van der Waals surface area contributed by atoms with Crippen molar-refractivity contribution < 1.29 is 33.3 Å². The molecule has 1 heterocycles. The van der Waals surface area contributed by atoms with Crippen molar-refractivity contribution in [2.24, 2.45) is 11.8 Å². The minimum absolute atomic E-state index is 0.0735. The normalized spacial score (nSPS) is 20.5. The average Bonchev–Trinajstić information content (AvgIpc) is 3.57. The first kappa shape index (κ1) is 32.2. The summed E-state index contributed by atoms with van der Waals surface area (Å²) in [6.45, 7) is 5.00. The minimum Gasteiger partial charge on any atom is -0.489 e. The molecule has 0 bridgehead atoms. The second kappa shape index (κ2) is 15.1. The van der Waals surface area contributed by atoms with E-state index in [4.69, 9.17) is 30.5 Å². The average molecular weight is 607 g/mol. The number of benzene rings is 2. The van der Waals surface area contributed by atoms with Crippen LogP contribution in [0.25, 0.3) is 0 Å². The second-order valence-corrected chi connectivity index (χ2v) is 11.5. The van der Waals surface area contributed by atoms with Gasteiger partial charge in [0.05, 0.1) is 7.11 Å². The number of aryl methyl sites for hydroxylation is 1. The zero-order valence-corrected chi connectivity index (χ0v) is 25.9. The van der Waals surface area contributed by atoms with Gasteiger partial charge in [-0.1, -0.05) is 61.0 Å². The van der Waals surface area contributed by atoms with Crippen molar-refractivity contribution in [1.82, 2.24) is 0 Å². The highest BCUT2D eigenvalue weighted by Crippen LogP contribution is 2.52. The monoisotopic (exact) mass is 606 g/mol. The van der Waals surface area contributed by atoms with Gasteiger partial charge < -0.3 is 18.9 Å². The van der Waals surface area contributed by atoms with Crippen molar-refractivity contribution in [2.75, 3.05) is 7.11 Å². The Morgan fingerprint density at radius 3 is 2.63 bits per heavy atom. The van der Waals surface area contributed by atoms with Crippen LogP contribution in [0.5, 0.6) is 5.75 Å². The van der Waals surface area contributed by atoms with E-state index in [-0.39, 0.29) is 29.8 Å². The Morgan fingerprint density at radius 1 is 1.12 bits per heavy atom. The lowest BCUT2D eigenvalue weighted by molar-refractivity contribution is -0.171. The Morgan fingerprint density at radius 2 is 1.91 bits per heavy atom. The molecule has 7 nitrogen and oxygen atoms in total. The van der Waals surface area contributed by atoms with Gasteiger partial charge in [-0.05, 0) is 56.2 Å². The predicted molar refractivity (Wildman–Crippen MR) is 163 cm³/mol. The van der Waals surface area contributed by atoms with Crippen LogP contribution in [-0.2, 0) is 35.0 Å². The standard InChI is InChI=1S/C35H39ClO7/c1-5-6-11-22(2)29(43-35(39)34(41-23(3)37)26-14-7-8-16-28(26)36)20-18-24-19-21-30-32(24)27-15-9-12-25(33(27)42-30)13-10-17-31(38)40-4/h7-9,12,14-16,18,20,22,24,29-30,32,34H,10-11,13,17,19,21H2,1-4H3/b20-18+/t22-,24-,29+,30-,32-,34+/m0/s1. The third kappa shape index (κ3) is 8.00. The molecule has 6 atom stereocenters. The van der Waals surface area contributed by atoms with Gasteiger partial charge in [-0.2, -0.15) is 0 Å². The molecular weight excluding hydrogens is 568 g/mol. The van der Waals surface area contributed by atoms with E-state index in [0.717, 1.165) is 30.6 Å². The number of carbonyl (C=O) groups is 3. The second-order valence-electron chi connectivity index (χ2n) is 11.1. The molecule has 0 aromatic heterocycles. The Bertz CT molecular complexity index is 1400. The van der Waals surface area contributed by atoms with Crippen LogP contribution in [0.1, 0.15) is 81.6 Å². The van der Waals surface area contributed by atoms with Crippen molar-refractivity contribution in [2.45, 2.75) is 83.5 Å². The van der Waals surface area contributed by atoms with Gasteiger partial charge in [0, 0.05) is 47.8 Å². The first-order chi connectivity index (χ1) is 20.7. The van der Waals surface area contributed by atoms with Crippen molar-refractivity contribution in [3.63, 3.8) is 0 Å². The molecule has 8 heteroatoms. The summed E-state index contributed by atoms with van der Waals surface area (Å²) in [5, 5.41) is 0.309. The summed E-state index contributed by atoms with van der Waals surface area (Å²) in [5.41, 5.74) is 2.65. The van der Waals surface area contributed by atoms with Crippen LogP contribution in [0.3, 0.4) is 0 Å². The van der Waals surface area contributed by atoms with Gasteiger partial charge in [0.1, 0.15) is 18.0 Å². The zero-order valence-electron chi connectivity index (χ0n) is 25.1. The molecule has 43 heavy (non-hydrogen) atoms. The highest BCUT2D eigenvalue weighted by Gasteiger charge is 2.44. The summed E-state index contributed by atoms with van der Waals surface area (Å²) in [6.07, 6.45) is 6.46. The summed E-state index contributed by atoms with van der Waals surface area (Å²) >= 11 is 6.35. The number of hydrogen-bond donors (Lipinski definition) is 0. The quantitative estimate of drug-likeness (QED) is 0.112. The Labute approximate surface area is 258 Å². The van der Waals surface area contributed by atoms with Gasteiger partial charge in [0.25, 0.3) is 0 Å². The van der Waals surface area contributed by atoms with Crippen LogP contribution in [0, 0.1) is 23.7 Å². The molecule has 4 rings (SSSR count). The molecule has 2 aliphatic rings. The lowest BCUT2D eigenvalue weighted by Gasteiger charge is -2.24. The van der Waals surface area contributed by atoms with Crippen LogP contribution >= 0.6 is 11.6 Å². The number of esters is 3. The van der Waals surface area contributed by atoms with E-state index >= 15 is 0 Å². The van der Waals surface area contributed by atoms with Gasteiger partial charge in [-0.25, -0.2) is 4.79 Å². The molecule has 228 valence electrons. The fraction of sp³-hybridized carbons (Fsp3) is 0.457. The molecule has 1 aliphatic carbocycles. The van der Waals surface area contributed by atoms with Crippen molar-refractivity contribution in [3.8, 4) is 17.6 Å². The van der Waals surface area contributed by atoms with E-state index in [1.807, 2.05) is 13.0 Å². The highest BCUT2D eigenvalue weighted by atomic mass is 35.5. The Kier molecular flexibility index (Phi) is 11.3. The van der Waals surface area contributed by atoms with Gasteiger partial charge in [-0.3, -0.25) is 9.59 Å². The number of hydrogen-bond acceptors (Lipinski definition) is 7. The summed E-state index contributed by atoms with van der Waals surface area (Å²) in [7, 11) is 1.40. The molecule has 0 amide bonds. The SMILES string of the molecule is CC#CC[C@H](C)[C@@H](/C=C/[C@H]1CC[C@@H]2Oc3c(CCCC(=O)OC)cccc3[C@@H]21)OC(=O)[C@H](OC(C)=O)c1ccccc1Cl. The number of carbonyl (C=O) groups excluding carboxylic acids is 3. The van der Waals surface area contributed by atoms with E-state index < -0.39 is 24.1 Å². The third-order valence-corrected chi connectivity index (χ3v) is 8.45. The van der Waals surface area contributed by atoms with Crippen LogP contribution in [0.4, 0.5) is 0 Å². The molecule has 1 saturated carbocycles. The summed E-state index contributed by atoms with van der Waals surface area (Å²) in [6, 6.07) is 13.0. The fourth-order valence-corrected chi connectivity index (χ4v) is 6.15. The predicted octanol–water partition coefficient (Wildman–Crippen LogP) is 6.91. The molecule has 2 aromatic carbocycles. The third-order valence-electron chi connectivity index (χ3n) is 8.10. The van der Waals surface area contributed by atoms with Crippen molar-refractivity contribution >= 4 is 29.5 Å². The van der Waals surface area contributed by atoms with Crippen molar-refractivity contribution in [1.29, 1.82) is 0 Å². The summed E-state index contributed by atoms with van der Waals surface area (Å²) < 4.78 is 22.6. The van der Waals surface area contributed by atoms with E-state index in [0.29, 0.717) is 29.8 Å². The van der Waals surface area contributed by atoms with E-state index in [9.17, 15) is 14.4 Å². The van der Waals surface area contributed by atoms with E-state index in [1.165, 1.54) is 19.6 Å². The van der Waals surface area contributed by atoms with Gasteiger partial charge in [0.2, 0.25) is 6.10 Å². The number of allylic oxidation sites excluding steroid dienone is 1. The highest BCUT2D eigenvalue weighted by molar-refractivity contribution is 6.31. The molecule has 0 saturated heterocycles. The van der Waals surface area contributed by atoms with Crippen LogP contribution < -0.4 is 4.74 Å². The van der Waals surface area contributed by atoms with E-state index in [2.05, 4.69) is 36.1 Å². The van der Waals surface area contributed by atoms with Crippen LogP contribution in [0.2, 0.25) is 5.02 Å². The lowest BCUT2D eigenvalue weighted by atomic mass is 9.86. The first-order valence-corrected chi connectivity index (χ1v) is 15.2. The van der Waals surface area contributed by atoms with Gasteiger partial charge in [0.15, 0.2) is 0 Å². The topological polar surface area (TPSA) is 88.1 Å². The molecule has 0 unspecified atom stereocenters. The molecular formula is C35H39ClO7. The first-order valence-electron chi connectivity index (χ1n) is 14.8. The Balaban J connectivity index is 1.54. The maximum absolute atomic E-state index is 13.5. The van der Waals surface area contributed by atoms with Gasteiger partial charge >= 0.3 is 17.9 Å². The fourth-order valence-electron chi connectivity index (χ4n) is 5.92. The summed E-state index contributed by atoms with van der Waals surface area (Å²) in [4.78, 5) is 37.0. The molecule has 1 aliphatic heterocycles. The number of methoxy groups -OCH3 is 1. The molecule has 0 spiro atoms.